The van der Waals surface area contributed by atoms with Gasteiger partial charge in [0.15, 0.2) is 9.84 Å². The molecule has 0 aliphatic rings. The Morgan fingerprint density at radius 1 is 1.20 bits per heavy atom. The molecule has 20 heavy (non-hydrogen) atoms. The SMILES string of the molecule is CC(=O)C[C@@H](c1ccco1)S(=O)(=O)c1ccc(C)cc1. The van der Waals surface area contributed by atoms with Crippen molar-refractivity contribution >= 4 is 15.6 Å². The van der Waals surface area contributed by atoms with E-state index in [9.17, 15) is 13.2 Å². The third kappa shape index (κ3) is 2.99. The lowest BCUT2D eigenvalue weighted by Crippen LogP contribution is -2.16. The Hall–Kier alpha value is -1.88. The van der Waals surface area contributed by atoms with E-state index in [0.29, 0.717) is 5.76 Å². The third-order valence-electron chi connectivity index (χ3n) is 3.06. The lowest BCUT2D eigenvalue weighted by Gasteiger charge is -2.14. The van der Waals surface area contributed by atoms with Gasteiger partial charge in [0, 0.05) is 6.42 Å². The van der Waals surface area contributed by atoms with Gasteiger partial charge in [-0.05, 0) is 38.1 Å². The van der Waals surface area contributed by atoms with Crippen LogP contribution in [0.2, 0.25) is 0 Å². The molecule has 0 N–H and O–H groups in total. The molecule has 0 radical (unpaired) electrons. The van der Waals surface area contributed by atoms with Gasteiger partial charge in [-0.25, -0.2) is 8.42 Å². The zero-order valence-corrected chi connectivity index (χ0v) is 12.2. The molecule has 4 nitrogen and oxygen atoms in total. The molecule has 1 heterocycles. The fourth-order valence-electron chi connectivity index (χ4n) is 1.99. The minimum absolute atomic E-state index is 0.0935. The summed E-state index contributed by atoms with van der Waals surface area (Å²) >= 11 is 0. The van der Waals surface area contributed by atoms with E-state index in [1.807, 2.05) is 6.92 Å². The molecule has 0 bridgehead atoms. The van der Waals surface area contributed by atoms with Crippen LogP contribution in [0.1, 0.15) is 29.9 Å². The number of Topliss-reactive ketones (excluding diaryl/α,β-unsaturated/α-hetero) is 1. The monoisotopic (exact) mass is 292 g/mol. The molecule has 1 atom stereocenters. The average Bonchev–Trinajstić information content (AvgIpc) is 2.89. The van der Waals surface area contributed by atoms with Crippen molar-refractivity contribution in [2.75, 3.05) is 0 Å². The summed E-state index contributed by atoms with van der Waals surface area (Å²) in [5, 5.41) is -0.974. The van der Waals surface area contributed by atoms with Crippen molar-refractivity contribution in [2.24, 2.45) is 0 Å². The Bertz CT molecular complexity index is 682. The number of carbonyl (C=O) groups excluding carboxylic acids is 1. The van der Waals surface area contributed by atoms with Crippen molar-refractivity contribution < 1.29 is 17.6 Å². The highest BCUT2D eigenvalue weighted by molar-refractivity contribution is 7.91. The molecule has 0 fully saturated rings. The van der Waals surface area contributed by atoms with Crippen LogP contribution in [0.3, 0.4) is 0 Å². The highest BCUT2D eigenvalue weighted by Crippen LogP contribution is 2.32. The van der Waals surface area contributed by atoms with Gasteiger partial charge < -0.3 is 4.42 Å². The zero-order chi connectivity index (χ0) is 14.8. The number of carbonyl (C=O) groups is 1. The second kappa shape index (κ2) is 5.63. The number of benzene rings is 1. The number of rotatable bonds is 5. The standard InChI is InChI=1S/C15H16O4S/c1-11-5-7-13(8-6-11)20(17,18)15(10-12(2)16)14-4-3-9-19-14/h3-9,15H,10H2,1-2H3/t15-/m0/s1. The van der Waals surface area contributed by atoms with E-state index in [-0.39, 0.29) is 17.1 Å². The predicted molar refractivity (Wildman–Crippen MR) is 75.1 cm³/mol. The molecule has 1 aromatic heterocycles. The Kier molecular flexibility index (Phi) is 4.09. The Morgan fingerprint density at radius 3 is 2.35 bits per heavy atom. The summed E-state index contributed by atoms with van der Waals surface area (Å²) in [7, 11) is -3.65. The normalized spacial score (nSPS) is 13.1. The lowest BCUT2D eigenvalue weighted by molar-refractivity contribution is -0.117. The van der Waals surface area contributed by atoms with Gasteiger partial charge >= 0.3 is 0 Å². The predicted octanol–water partition coefficient (Wildman–Crippen LogP) is 3.08. The average molecular weight is 292 g/mol. The van der Waals surface area contributed by atoms with Crippen LogP contribution in [-0.2, 0) is 14.6 Å². The topological polar surface area (TPSA) is 64.3 Å². The first-order valence-corrected chi connectivity index (χ1v) is 7.79. The van der Waals surface area contributed by atoms with Gasteiger partial charge in [-0.2, -0.15) is 0 Å². The van der Waals surface area contributed by atoms with Gasteiger partial charge in [-0.15, -0.1) is 0 Å². The van der Waals surface area contributed by atoms with Crippen molar-refractivity contribution in [1.82, 2.24) is 0 Å². The number of sulfone groups is 1. The molecule has 106 valence electrons. The first kappa shape index (κ1) is 14.5. The fraction of sp³-hybridized carbons (Fsp3) is 0.267. The number of hydrogen-bond donors (Lipinski definition) is 0. The number of ketones is 1. The van der Waals surface area contributed by atoms with Gasteiger partial charge in [0.25, 0.3) is 0 Å². The lowest BCUT2D eigenvalue weighted by atomic mass is 10.2. The summed E-state index contributed by atoms with van der Waals surface area (Å²) < 4.78 is 30.5. The summed E-state index contributed by atoms with van der Waals surface area (Å²) in [6, 6.07) is 9.79. The van der Waals surface area contributed by atoms with Crippen LogP contribution >= 0.6 is 0 Å². The van der Waals surface area contributed by atoms with Crippen LogP contribution in [0.4, 0.5) is 0 Å². The molecule has 5 heteroatoms. The van der Waals surface area contributed by atoms with Crippen LogP contribution in [0.15, 0.2) is 52.0 Å². The second-order valence-electron chi connectivity index (χ2n) is 4.77. The molecule has 0 aliphatic heterocycles. The molecular weight excluding hydrogens is 276 g/mol. The summed E-state index contributed by atoms with van der Waals surface area (Å²) in [4.78, 5) is 11.6. The molecular formula is C15H16O4S. The highest BCUT2D eigenvalue weighted by atomic mass is 32.2. The van der Waals surface area contributed by atoms with E-state index in [4.69, 9.17) is 4.42 Å². The summed E-state index contributed by atoms with van der Waals surface area (Å²) in [6.45, 7) is 3.26. The molecule has 0 aliphatic carbocycles. The van der Waals surface area contributed by atoms with Gasteiger partial charge in [0.05, 0.1) is 11.2 Å². The maximum atomic E-state index is 12.7. The minimum atomic E-state index is -3.65. The van der Waals surface area contributed by atoms with Gasteiger partial charge in [0.1, 0.15) is 16.8 Å². The summed E-state index contributed by atoms with van der Waals surface area (Å²) in [6.07, 6.45) is 1.32. The van der Waals surface area contributed by atoms with Crippen LogP contribution < -0.4 is 0 Å². The minimum Gasteiger partial charge on any atom is -0.468 e. The summed E-state index contributed by atoms with van der Waals surface area (Å²) in [5.41, 5.74) is 0.977. The van der Waals surface area contributed by atoms with E-state index in [1.54, 1.807) is 36.4 Å². The van der Waals surface area contributed by atoms with E-state index < -0.39 is 15.1 Å². The van der Waals surface area contributed by atoms with Crippen LogP contribution in [0, 0.1) is 6.92 Å². The number of furan rings is 1. The molecule has 0 saturated heterocycles. The van der Waals surface area contributed by atoms with E-state index in [0.717, 1.165) is 5.56 Å². The molecule has 0 spiro atoms. The van der Waals surface area contributed by atoms with Crippen molar-refractivity contribution in [1.29, 1.82) is 0 Å². The van der Waals surface area contributed by atoms with E-state index in [1.165, 1.54) is 13.2 Å². The van der Waals surface area contributed by atoms with Crippen molar-refractivity contribution in [2.45, 2.75) is 30.4 Å². The second-order valence-corrected chi connectivity index (χ2v) is 6.90. The third-order valence-corrected chi connectivity index (χ3v) is 5.13. The van der Waals surface area contributed by atoms with Gasteiger partial charge in [0.2, 0.25) is 0 Å². The number of aryl methyl sites for hydroxylation is 1. The van der Waals surface area contributed by atoms with Crippen molar-refractivity contribution in [3.05, 3.63) is 54.0 Å². The molecule has 0 unspecified atom stereocenters. The van der Waals surface area contributed by atoms with Crippen LogP contribution in [-0.4, -0.2) is 14.2 Å². The Labute approximate surface area is 118 Å². The van der Waals surface area contributed by atoms with Crippen LogP contribution in [0.25, 0.3) is 0 Å². The molecule has 1 aromatic carbocycles. The smallest absolute Gasteiger partial charge is 0.188 e. The maximum absolute atomic E-state index is 12.7. The first-order chi connectivity index (χ1) is 9.41. The molecule has 0 saturated carbocycles. The summed E-state index contributed by atoms with van der Waals surface area (Å²) in [5.74, 6) is 0.0999. The molecule has 0 amide bonds. The fourth-order valence-corrected chi connectivity index (χ4v) is 3.73. The van der Waals surface area contributed by atoms with Gasteiger partial charge in [-0.3, -0.25) is 4.79 Å². The van der Waals surface area contributed by atoms with Crippen molar-refractivity contribution in [3.63, 3.8) is 0 Å². The molecule has 2 rings (SSSR count). The Balaban J connectivity index is 2.46. The maximum Gasteiger partial charge on any atom is 0.188 e. The van der Waals surface area contributed by atoms with Gasteiger partial charge in [-0.1, -0.05) is 17.7 Å². The zero-order valence-electron chi connectivity index (χ0n) is 11.4. The quantitative estimate of drug-likeness (QED) is 0.849. The Morgan fingerprint density at radius 2 is 1.85 bits per heavy atom. The number of hydrogen-bond acceptors (Lipinski definition) is 4. The molecule has 2 aromatic rings. The largest absolute Gasteiger partial charge is 0.468 e. The van der Waals surface area contributed by atoms with E-state index >= 15 is 0 Å². The van der Waals surface area contributed by atoms with Crippen molar-refractivity contribution in [3.8, 4) is 0 Å². The first-order valence-electron chi connectivity index (χ1n) is 6.24. The van der Waals surface area contributed by atoms with Crippen LogP contribution in [0.5, 0.6) is 0 Å². The van der Waals surface area contributed by atoms with E-state index in [2.05, 4.69) is 0 Å². The highest BCUT2D eigenvalue weighted by Gasteiger charge is 2.32.